The van der Waals surface area contributed by atoms with Crippen molar-refractivity contribution in [1.29, 1.82) is 0 Å². The highest BCUT2D eigenvalue weighted by Gasteiger charge is 2.40. The summed E-state index contributed by atoms with van der Waals surface area (Å²) < 4.78 is 0. The molecule has 1 amide bonds. The fourth-order valence-corrected chi connectivity index (χ4v) is 4.18. The second-order valence-electron chi connectivity index (χ2n) is 6.31. The van der Waals surface area contributed by atoms with Gasteiger partial charge in [-0.25, -0.2) is 0 Å². The van der Waals surface area contributed by atoms with Crippen molar-refractivity contribution in [3.8, 4) is 0 Å². The van der Waals surface area contributed by atoms with Crippen molar-refractivity contribution in [3.63, 3.8) is 0 Å². The maximum atomic E-state index is 12.6. The van der Waals surface area contributed by atoms with Crippen molar-refractivity contribution in [3.05, 3.63) is 65.7 Å². The van der Waals surface area contributed by atoms with Gasteiger partial charge in [-0.1, -0.05) is 48.5 Å². The minimum atomic E-state index is -0.837. The van der Waals surface area contributed by atoms with Gasteiger partial charge in [0.25, 0.3) is 0 Å². The molecule has 25 heavy (non-hydrogen) atoms. The molecule has 0 bridgehead atoms. The van der Waals surface area contributed by atoms with Crippen LogP contribution in [-0.2, 0) is 9.59 Å². The Labute approximate surface area is 151 Å². The van der Waals surface area contributed by atoms with Gasteiger partial charge in [0.2, 0.25) is 5.91 Å². The number of carbonyl (C=O) groups excluding carboxylic acids is 1. The number of carbonyl (C=O) groups is 2. The first kappa shape index (κ1) is 17.5. The monoisotopic (exact) mass is 355 g/mol. The SMILES string of the molecule is Cc1ccccc1SCC(=O)N1C[C@H](C(=O)O)[C@H](c2ccccc2)C1. The van der Waals surface area contributed by atoms with E-state index in [-0.39, 0.29) is 18.4 Å². The second-order valence-corrected chi connectivity index (χ2v) is 7.33. The Bertz CT molecular complexity index is 763. The fraction of sp³-hybridized carbons (Fsp3) is 0.300. The lowest BCUT2D eigenvalue weighted by Gasteiger charge is -2.16. The Morgan fingerprint density at radius 1 is 1.08 bits per heavy atom. The predicted octanol–water partition coefficient (Wildman–Crippen LogP) is 3.41. The number of hydrogen-bond donors (Lipinski definition) is 1. The number of carboxylic acid groups (broad SMARTS) is 1. The van der Waals surface area contributed by atoms with Crippen LogP contribution < -0.4 is 0 Å². The van der Waals surface area contributed by atoms with Gasteiger partial charge in [-0.3, -0.25) is 9.59 Å². The Kier molecular flexibility index (Phi) is 5.43. The van der Waals surface area contributed by atoms with Crippen LogP contribution in [0, 0.1) is 12.8 Å². The zero-order chi connectivity index (χ0) is 17.8. The van der Waals surface area contributed by atoms with E-state index in [1.165, 1.54) is 11.8 Å². The highest BCUT2D eigenvalue weighted by atomic mass is 32.2. The maximum absolute atomic E-state index is 12.6. The smallest absolute Gasteiger partial charge is 0.308 e. The topological polar surface area (TPSA) is 57.6 Å². The number of rotatable bonds is 5. The number of thioether (sulfide) groups is 1. The summed E-state index contributed by atoms with van der Waals surface area (Å²) in [7, 11) is 0. The van der Waals surface area contributed by atoms with Gasteiger partial charge in [0.05, 0.1) is 11.7 Å². The standard InChI is InChI=1S/C20H21NO3S/c1-14-7-5-6-10-18(14)25-13-19(22)21-11-16(17(12-21)20(23)24)15-8-3-2-4-9-15/h2-10,16-17H,11-13H2,1H3,(H,23,24)/t16-,17-/m0/s1. The summed E-state index contributed by atoms with van der Waals surface area (Å²) in [6.45, 7) is 2.77. The van der Waals surface area contributed by atoms with Gasteiger partial charge < -0.3 is 10.0 Å². The van der Waals surface area contributed by atoms with E-state index in [9.17, 15) is 14.7 Å². The number of aliphatic carboxylic acids is 1. The van der Waals surface area contributed by atoms with E-state index < -0.39 is 11.9 Å². The van der Waals surface area contributed by atoms with Gasteiger partial charge in [0, 0.05) is 23.9 Å². The highest BCUT2D eigenvalue weighted by Crippen LogP contribution is 2.33. The lowest BCUT2D eigenvalue weighted by atomic mass is 9.89. The molecule has 1 N–H and O–H groups in total. The van der Waals surface area contributed by atoms with Crippen LogP contribution >= 0.6 is 11.8 Å². The van der Waals surface area contributed by atoms with Crippen LogP contribution in [0.1, 0.15) is 17.0 Å². The molecule has 0 spiro atoms. The molecule has 1 aliphatic rings. The molecule has 0 radical (unpaired) electrons. The molecule has 0 saturated carbocycles. The Morgan fingerprint density at radius 3 is 2.44 bits per heavy atom. The van der Waals surface area contributed by atoms with Crippen LogP contribution in [0.4, 0.5) is 0 Å². The van der Waals surface area contributed by atoms with Crippen LogP contribution in [0.5, 0.6) is 0 Å². The molecule has 130 valence electrons. The molecule has 1 saturated heterocycles. The number of nitrogens with zero attached hydrogens (tertiary/aromatic N) is 1. The number of hydrogen-bond acceptors (Lipinski definition) is 3. The molecule has 3 rings (SSSR count). The van der Waals surface area contributed by atoms with Gasteiger partial charge in [0.1, 0.15) is 0 Å². The summed E-state index contributed by atoms with van der Waals surface area (Å²) >= 11 is 1.51. The molecule has 2 aromatic rings. The molecule has 2 aromatic carbocycles. The molecule has 0 aromatic heterocycles. The zero-order valence-electron chi connectivity index (χ0n) is 14.1. The van der Waals surface area contributed by atoms with Gasteiger partial charge in [-0.2, -0.15) is 0 Å². The normalized spacial score (nSPS) is 19.8. The summed E-state index contributed by atoms with van der Waals surface area (Å²) in [6.07, 6.45) is 0. The second kappa shape index (κ2) is 7.74. The molecular weight excluding hydrogens is 334 g/mol. The van der Waals surface area contributed by atoms with E-state index in [0.717, 1.165) is 16.0 Å². The van der Waals surface area contributed by atoms with Gasteiger partial charge in [0.15, 0.2) is 0 Å². The number of carboxylic acids is 1. The Balaban J connectivity index is 1.67. The summed E-state index contributed by atoms with van der Waals surface area (Å²) in [6, 6.07) is 17.6. The summed E-state index contributed by atoms with van der Waals surface area (Å²) in [5.74, 6) is -1.20. The first-order valence-corrected chi connectivity index (χ1v) is 9.29. The Morgan fingerprint density at radius 2 is 1.76 bits per heavy atom. The number of amides is 1. The summed E-state index contributed by atoms with van der Waals surface area (Å²) in [5, 5.41) is 9.55. The van der Waals surface area contributed by atoms with Crippen LogP contribution in [0.2, 0.25) is 0 Å². The van der Waals surface area contributed by atoms with E-state index in [0.29, 0.717) is 12.3 Å². The van der Waals surface area contributed by atoms with Crippen molar-refractivity contribution in [2.75, 3.05) is 18.8 Å². The van der Waals surface area contributed by atoms with Gasteiger partial charge in [-0.05, 0) is 24.1 Å². The molecule has 1 heterocycles. The van der Waals surface area contributed by atoms with Crippen molar-refractivity contribution in [2.45, 2.75) is 17.7 Å². The fourth-order valence-electron chi connectivity index (χ4n) is 3.24. The predicted molar refractivity (Wildman–Crippen MR) is 98.8 cm³/mol. The molecule has 1 aliphatic heterocycles. The van der Waals surface area contributed by atoms with E-state index in [2.05, 4.69) is 0 Å². The highest BCUT2D eigenvalue weighted by molar-refractivity contribution is 8.00. The minimum Gasteiger partial charge on any atom is -0.481 e. The largest absolute Gasteiger partial charge is 0.481 e. The lowest BCUT2D eigenvalue weighted by Crippen LogP contribution is -2.31. The third kappa shape index (κ3) is 4.04. The molecular formula is C20H21NO3S. The summed E-state index contributed by atoms with van der Waals surface area (Å²) in [4.78, 5) is 27.0. The average molecular weight is 355 g/mol. The molecule has 4 nitrogen and oxygen atoms in total. The van der Waals surface area contributed by atoms with Crippen LogP contribution in [0.15, 0.2) is 59.5 Å². The van der Waals surface area contributed by atoms with E-state index in [1.54, 1.807) is 4.90 Å². The first-order valence-electron chi connectivity index (χ1n) is 8.30. The molecule has 0 unspecified atom stereocenters. The third-order valence-corrected chi connectivity index (χ3v) is 5.82. The number of benzene rings is 2. The van der Waals surface area contributed by atoms with Crippen molar-refractivity contribution < 1.29 is 14.7 Å². The van der Waals surface area contributed by atoms with Crippen molar-refractivity contribution in [2.24, 2.45) is 5.92 Å². The van der Waals surface area contributed by atoms with E-state index in [1.807, 2.05) is 61.5 Å². The van der Waals surface area contributed by atoms with Gasteiger partial charge in [-0.15, -0.1) is 11.8 Å². The van der Waals surface area contributed by atoms with Crippen molar-refractivity contribution >= 4 is 23.6 Å². The van der Waals surface area contributed by atoms with E-state index in [4.69, 9.17) is 0 Å². The molecule has 1 fully saturated rings. The van der Waals surface area contributed by atoms with Crippen LogP contribution in [0.25, 0.3) is 0 Å². The summed E-state index contributed by atoms with van der Waals surface area (Å²) in [5.41, 5.74) is 2.13. The zero-order valence-corrected chi connectivity index (χ0v) is 14.9. The Hall–Kier alpha value is -2.27. The molecule has 5 heteroatoms. The first-order chi connectivity index (χ1) is 12.1. The lowest BCUT2D eigenvalue weighted by molar-refractivity contribution is -0.141. The number of likely N-dealkylation sites (tertiary alicyclic amines) is 1. The molecule has 2 atom stereocenters. The maximum Gasteiger partial charge on any atom is 0.308 e. The molecule has 0 aliphatic carbocycles. The third-order valence-electron chi connectivity index (χ3n) is 4.66. The average Bonchev–Trinajstić information content (AvgIpc) is 3.07. The van der Waals surface area contributed by atoms with Crippen LogP contribution in [-0.4, -0.2) is 40.7 Å². The van der Waals surface area contributed by atoms with Crippen molar-refractivity contribution in [1.82, 2.24) is 4.90 Å². The quantitative estimate of drug-likeness (QED) is 0.835. The van der Waals surface area contributed by atoms with E-state index >= 15 is 0 Å². The minimum absolute atomic E-state index is 0.00191. The van der Waals surface area contributed by atoms with Crippen LogP contribution in [0.3, 0.4) is 0 Å². The number of aryl methyl sites for hydroxylation is 1. The van der Waals surface area contributed by atoms with Gasteiger partial charge >= 0.3 is 5.97 Å².